The standard InChI is InChI=1S/C17H21FN4O2/c1-23-13-3-2-12-15(22-13)14(11(18)8-20-12)21-9-17-6-4-16(19,5-7-17)10-24-17/h2-3,8H,4-7,9-10,19H2,1H3,(H,20,21). The van der Waals surface area contributed by atoms with Gasteiger partial charge in [-0.2, -0.15) is 0 Å². The SMILES string of the molecule is COc1ccc2ncc(F)c(NCC34CCC(N)(CC3)CO4)c2n1. The number of hydrogen-bond acceptors (Lipinski definition) is 6. The molecule has 0 spiro atoms. The van der Waals surface area contributed by atoms with E-state index < -0.39 is 5.82 Å². The Morgan fingerprint density at radius 2 is 2.12 bits per heavy atom. The second kappa shape index (κ2) is 5.53. The number of halogens is 1. The van der Waals surface area contributed by atoms with E-state index in [2.05, 4.69) is 15.3 Å². The molecule has 4 heterocycles. The van der Waals surface area contributed by atoms with Crippen LogP contribution in [-0.2, 0) is 4.74 Å². The summed E-state index contributed by atoms with van der Waals surface area (Å²) in [5.74, 6) is -0.00458. The Bertz CT molecular complexity index is 758. The minimum Gasteiger partial charge on any atom is -0.481 e. The number of nitrogens with zero attached hydrogens (tertiary/aromatic N) is 2. The van der Waals surface area contributed by atoms with Gasteiger partial charge in [0.05, 0.1) is 31.0 Å². The first kappa shape index (κ1) is 15.5. The van der Waals surface area contributed by atoms with Crippen molar-refractivity contribution in [2.24, 2.45) is 5.73 Å². The first-order chi connectivity index (χ1) is 11.5. The average Bonchev–Trinajstić information content (AvgIpc) is 2.62. The van der Waals surface area contributed by atoms with Gasteiger partial charge in [0.2, 0.25) is 5.88 Å². The van der Waals surface area contributed by atoms with Gasteiger partial charge in [-0.3, -0.25) is 4.98 Å². The van der Waals surface area contributed by atoms with Crippen molar-refractivity contribution in [1.82, 2.24) is 9.97 Å². The number of nitrogens with two attached hydrogens (primary N) is 1. The lowest BCUT2D eigenvalue weighted by Gasteiger charge is -2.51. The van der Waals surface area contributed by atoms with E-state index in [0.29, 0.717) is 35.8 Å². The zero-order valence-corrected chi connectivity index (χ0v) is 13.6. The number of hydrogen-bond donors (Lipinski definition) is 2. The predicted octanol–water partition coefficient (Wildman–Crippen LogP) is 2.23. The van der Waals surface area contributed by atoms with Crippen molar-refractivity contribution < 1.29 is 13.9 Å². The van der Waals surface area contributed by atoms with Gasteiger partial charge >= 0.3 is 0 Å². The normalized spacial score (nSPS) is 29.0. The van der Waals surface area contributed by atoms with E-state index in [1.165, 1.54) is 13.3 Å². The van der Waals surface area contributed by atoms with Crippen LogP contribution in [0.25, 0.3) is 11.0 Å². The molecule has 2 aromatic heterocycles. The number of methoxy groups -OCH3 is 1. The maximum Gasteiger partial charge on any atom is 0.213 e. The molecule has 2 aliphatic heterocycles. The molecule has 3 fully saturated rings. The van der Waals surface area contributed by atoms with Gasteiger partial charge in [0.15, 0.2) is 5.82 Å². The second-order valence-corrected chi connectivity index (χ2v) is 6.89. The largest absolute Gasteiger partial charge is 0.481 e. The molecule has 1 saturated carbocycles. The van der Waals surface area contributed by atoms with Gasteiger partial charge in [0.1, 0.15) is 11.2 Å². The molecular formula is C17H21FN4O2. The summed E-state index contributed by atoms with van der Waals surface area (Å²) in [5.41, 5.74) is 7.22. The molecular weight excluding hydrogens is 311 g/mol. The van der Waals surface area contributed by atoms with Gasteiger partial charge in [0.25, 0.3) is 0 Å². The monoisotopic (exact) mass is 332 g/mol. The van der Waals surface area contributed by atoms with Gasteiger partial charge < -0.3 is 20.5 Å². The van der Waals surface area contributed by atoms with Crippen LogP contribution in [0.1, 0.15) is 25.7 Å². The minimum atomic E-state index is -0.431. The Hall–Kier alpha value is -1.99. The molecule has 128 valence electrons. The molecule has 0 unspecified atom stereocenters. The molecule has 2 saturated heterocycles. The highest BCUT2D eigenvalue weighted by atomic mass is 19.1. The summed E-state index contributed by atoms with van der Waals surface area (Å²) < 4.78 is 25.5. The second-order valence-electron chi connectivity index (χ2n) is 6.89. The van der Waals surface area contributed by atoms with E-state index in [1.807, 2.05) is 0 Å². The fraction of sp³-hybridized carbons (Fsp3) is 0.529. The van der Waals surface area contributed by atoms with E-state index in [9.17, 15) is 4.39 Å². The van der Waals surface area contributed by atoms with Crippen molar-refractivity contribution in [3.8, 4) is 5.88 Å². The number of fused-ring (bicyclic) bond motifs is 4. The van der Waals surface area contributed by atoms with Crippen molar-refractivity contribution in [3.63, 3.8) is 0 Å². The smallest absolute Gasteiger partial charge is 0.213 e. The third kappa shape index (κ3) is 2.57. The van der Waals surface area contributed by atoms with E-state index >= 15 is 0 Å². The van der Waals surface area contributed by atoms with Crippen molar-refractivity contribution in [2.75, 3.05) is 25.6 Å². The summed E-state index contributed by atoms with van der Waals surface area (Å²) in [4.78, 5) is 8.42. The van der Waals surface area contributed by atoms with Gasteiger partial charge in [-0.05, 0) is 31.7 Å². The Kier molecular flexibility index (Phi) is 3.58. The topological polar surface area (TPSA) is 82.3 Å². The zero-order valence-electron chi connectivity index (χ0n) is 13.6. The molecule has 5 rings (SSSR count). The van der Waals surface area contributed by atoms with E-state index in [0.717, 1.165) is 25.7 Å². The first-order valence-corrected chi connectivity index (χ1v) is 8.19. The van der Waals surface area contributed by atoms with Crippen molar-refractivity contribution >= 4 is 16.7 Å². The van der Waals surface area contributed by atoms with E-state index in [-0.39, 0.29) is 11.1 Å². The first-order valence-electron chi connectivity index (χ1n) is 8.19. The summed E-state index contributed by atoms with van der Waals surface area (Å²) in [6, 6.07) is 3.48. The highest BCUT2D eigenvalue weighted by Crippen LogP contribution is 2.42. The third-order valence-electron chi connectivity index (χ3n) is 5.26. The third-order valence-corrected chi connectivity index (χ3v) is 5.26. The molecule has 0 radical (unpaired) electrons. The summed E-state index contributed by atoms with van der Waals surface area (Å²) in [7, 11) is 1.53. The molecule has 0 amide bonds. The van der Waals surface area contributed by atoms with Crippen LogP contribution in [0.2, 0.25) is 0 Å². The Morgan fingerprint density at radius 1 is 1.33 bits per heavy atom. The fourth-order valence-electron chi connectivity index (χ4n) is 3.57. The van der Waals surface area contributed by atoms with Crippen LogP contribution in [0.4, 0.5) is 10.1 Å². The molecule has 3 N–H and O–H groups in total. The molecule has 7 heteroatoms. The van der Waals surface area contributed by atoms with Crippen molar-refractivity contribution in [3.05, 3.63) is 24.1 Å². The summed E-state index contributed by atoms with van der Waals surface area (Å²) in [5, 5.41) is 3.21. The number of pyridine rings is 2. The quantitative estimate of drug-likeness (QED) is 0.893. The van der Waals surface area contributed by atoms with Crippen molar-refractivity contribution in [1.29, 1.82) is 0 Å². The molecule has 2 bridgehead atoms. The Morgan fingerprint density at radius 3 is 2.79 bits per heavy atom. The highest BCUT2D eigenvalue weighted by molar-refractivity contribution is 5.88. The van der Waals surface area contributed by atoms with Gasteiger partial charge in [-0.15, -0.1) is 0 Å². The molecule has 0 atom stereocenters. The van der Waals surface area contributed by atoms with Crippen LogP contribution in [0.3, 0.4) is 0 Å². The molecule has 1 aliphatic carbocycles. The lowest BCUT2D eigenvalue weighted by Crippen LogP contribution is -2.61. The maximum absolute atomic E-state index is 14.3. The summed E-state index contributed by atoms with van der Waals surface area (Å²) >= 11 is 0. The van der Waals surface area contributed by atoms with Gasteiger partial charge in [-0.1, -0.05) is 0 Å². The number of nitrogens with one attached hydrogen (secondary N) is 1. The van der Waals surface area contributed by atoms with Gasteiger partial charge in [0, 0.05) is 18.2 Å². The maximum atomic E-state index is 14.3. The minimum absolute atomic E-state index is 0.175. The van der Waals surface area contributed by atoms with Crippen LogP contribution < -0.4 is 15.8 Å². The van der Waals surface area contributed by atoms with Crippen LogP contribution in [0.15, 0.2) is 18.3 Å². The molecule has 24 heavy (non-hydrogen) atoms. The Labute approximate surface area is 139 Å². The summed E-state index contributed by atoms with van der Waals surface area (Å²) in [6.45, 7) is 1.10. The summed E-state index contributed by atoms with van der Waals surface area (Å²) in [6.07, 6.45) is 4.88. The zero-order chi connectivity index (χ0) is 16.8. The molecule has 2 aromatic rings. The van der Waals surface area contributed by atoms with Crippen LogP contribution in [0, 0.1) is 5.82 Å². The average molecular weight is 332 g/mol. The number of ether oxygens (including phenoxy) is 2. The van der Waals surface area contributed by atoms with Crippen molar-refractivity contribution in [2.45, 2.75) is 36.8 Å². The molecule has 6 nitrogen and oxygen atoms in total. The lowest BCUT2D eigenvalue weighted by molar-refractivity contribution is -0.144. The van der Waals surface area contributed by atoms with Crippen LogP contribution >= 0.6 is 0 Å². The fourth-order valence-corrected chi connectivity index (χ4v) is 3.57. The number of anilines is 1. The number of rotatable bonds is 4. The highest BCUT2D eigenvalue weighted by Gasteiger charge is 2.47. The lowest BCUT2D eigenvalue weighted by atomic mass is 9.71. The van der Waals surface area contributed by atoms with E-state index in [4.69, 9.17) is 15.2 Å². The van der Waals surface area contributed by atoms with E-state index in [1.54, 1.807) is 12.1 Å². The van der Waals surface area contributed by atoms with Crippen LogP contribution in [-0.4, -0.2) is 41.4 Å². The Balaban J connectivity index is 1.61. The van der Waals surface area contributed by atoms with Gasteiger partial charge in [-0.25, -0.2) is 9.37 Å². The molecule has 3 aliphatic rings. The van der Waals surface area contributed by atoms with Crippen LogP contribution in [0.5, 0.6) is 5.88 Å². The molecule has 0 aromatic carbocycles. The predicted molar refractivity (Wildman–Crippen MR) is 88.6 cm³/mol. The number of aromatic nitrogens is 2.